The average molecular weight is 325 g/mol. The Bertz CT molecular complexity index is 596. The van der Waals surface area contributed by atoms with Crippen molar-refractivity contribution in [2.45, 2.75) is 12.5 Å². The van der Waals surface area contributed by atoms with E-state index in [2.05, 4.69) is 15.9 Å². The lowest BCUT2D eigenvalue weighted by Crippen LogP contribution is -2.24. The summed E-state index contributed by atoms with van der Waals surface area (Å²) < 4.78 is 20.0. The fraction of sp³-hybridized carbons (Fsp3) is 0.200. The van der Waals surface area contributed by atoms with Crippen LogP contribution >= 0.6 is 15.9 Å². The zero-order valence-corrected chi connectivity index (χ0v) is 12.2. The molecular weight excluding hydrogens is 311 g/mol. The van der Waals surface area contributed by atoms with Crippen LogP contribution in [0, 0.1) is 5.82 Å². The number of methoxy groups -OCH3 is 1. The quantitative estimate of drug-likeness (QED) is 0.929. The van der Waals surface area contributed by atoms with E-state index in [-0.39, 0.29) is 11.3 Å². The summed E-state index contributed by atoms with van der Waals surface area (Å²) in [5.41, 5.74) is -0.637. The van der Waals surface area contributed by atoms with Gasteiger partial charge in [0.25, 0.3) is 0 Å². The van der Waals surface area contributed by atoms with E-state index in [4.69, 9.17) is 4.74 Å². The van der Waals surface area contributed by atoms with Crippen LogP contribution in [-0.2, 0) is 5.60 Å². The molecule has 0 saturated heterocycles. The monoisotopic (exact) mass is 324 g/mol. The fourth-order valence-electron chi connectivity index (χ4n) is 1.99. The second-order valence-electron chi connectivity index (χ2n) is 4.40. The van der Waals surface area contributed by atoms with Crippen molar-refractivity contribution in [3.63, 3.8) is 0 Å². The molecule has 4 heteroatoms. The van der Waals surface area contributed by atoms with E-state index in [1.165, 1.54) is 13.2 Å². The maximum Gasteiger partial charge on any atom is 0.171 e. The van der Waals surface area contributed by atoms with Crippen molar-refractivity contribution in [1.29, 1.82) is 0 Å². The zero-order valence-electron chi connectivity index (χ0n) is 10.7. The van der Waals surface area contributed by atoms with Gasteiger partial charge in [-0.2, -0.15) is 0 Å². The predicted octanol–water partition coefficient (Wildman–Crippen LogP) is 3.85. The van der Waals surface area contributed by atoms with Crippen molar-refractivity contribution < 1.29 is 14.2 Å². The molecule has 0 radical (unpaired) electrons. The lowest BCUT2D eigenvalue weighted by Gasteiger charge is -2.25. The van der Waals surface area contributed by atoms with Crippen LogP contribution in [-0.4, -0.2) is 12.2 Å². The molecule has 0 saturated carbocycles. The number of ether oxygens (including phenoxy) is 1. The number of hydrogen-bond acceptors (Lipinski definition) is 2. The van der Waals surface area contributed by atoms with Gasteiger partial charge in [-0.25, -0.2) is 4.39 Å². The predicted molar refractivity (Wildman–Crippen MR) is 75.8 cm³/mol. The molecule has 2 aromatic rings. The summed E-state index contributed by atoms with van der Waals surface area (Å²) in [5, 5.41) is 10.7. The summed E-state index contributed by atoms with van der Waals surface area (Å²) in [6, 6.07) is 11.9. The number of aliphatic hydroxyl groups is 1. The van der Waals surface area contributed by atoms with Crippen LogP contribution in [0.3, 0.4) is 0 Å². The highest BCUT2D eigenvalue weighted by Crippen LogP contribution is 2.34. The molecule has 0 spiro atoms. The molecule has 0 fully saturated rings. The molecule has 0 aliphatic carbocycles. The van der Waals surface area contributed by atoms with Gasteiger partial charge >= 0.3 is 0 Å². The average Bonchev–Trinajstić information content (AvgIpc) is 2.38. The lowest BCUT2D eigenvalue weighted by molar-refractivity contribution is 0.0972. The van der Waals surface area contributed by atoms with E-state index in [0.717, 1.165) is 4.47 Å². The van der Waals surface area contributed by atoms with Gasteiger partial charge in [-0.3, -0.25) is 0 Å². The first kappa shape index (κ1) is 14.0. The van der Waals surface area contributed by atoms with Gasteiger partial charge in [0.2, 0.25) is 0 Å². The molecule has 1 unspecified atom stereocenters. The summed E-state index contributed by atoms with van der Waals surface area (Å²) in [5.74, 6) is -0.428. The minimum Gasteiger partial charge on any atom is -0.494 e. The van der Waals surface area contributed by atoms with Crippen molar-refractivity contribution in [3.05, 3.63) is 63.9 Å². The minimum absolute atomic E-state index is 0.118. The molecule has 2 rings (SSSR count). The number of halogens is 2. The Hall–Kier alpha value is -1.39. The van der Waals surface area contributed by atoms with E-state index in [1.807, 2.05) is 6.07 Å². The normalized spacial score (nSPS) is 13.9. The number of rotatable bonds is 3. The van der Waals surface area contributed by atoms with E-state index in [9.17, 15) is 9.50 Å². The second-order valence-corrected chi connectivity index (χ2v) is 5.32. The molecule has 2 aromatic carbocycles. The summed E-state index contributed by atoms with van der Waals surface area (Å²) in [7, 11) is 1.40. The Morgan fingerprint density at radius 1 is 1.21 bits per heavy atom. The summed E-state index contributed by atoms with van der Waals surface area (Å²) in [6.07, 6.45) is 0. The largest absolute Gasteiger partial charge is 0.494 e. The van der Waals surface area contributed by atoms with Crippen LogP contribution in [0.15, 0.2) is 46.9 Å². The maximum atomic E-state index is 14.3. The topological polar surface area (TPSA) is 29.5 Å². The zero-order chi connectivity index (χ0) is 14.0. The lowest BCUT2D eigenvalue weighted by atomic mass is 9.88. The third-order valence-electron chi connectivity index (χ3n) is 3.09. The maximum absolute atomic E-state index is 14.3. The van der Waals surface area contributed by atoms with Gasteiger partial charge in [0, 0.05) is 10.0 Å². The molecule has 0 aliphatic heterocycles. The minimum atomic E-state index is -1.43. The van der Waals surface area contributed by atoms with Gasteiger partial charge in [-0.15, -0.1) is 0 Å². The molecule has 1 atom stereocenters. The van der Waals surface area contributed by atoms with Gasteiger partial charge in [-0.1, -0.05) is 40.2 Å². The van der Waals surface area contributed by atoms with Crippen LogP contribution in [0.4, 0.5) is 4.39 Å². The van der Waals surface area contributed by atoms with E-state index in [0.29, 0.717) is 5.56 Å². The van der Waals surface area contributed by atoms with Crippen LogP contribution in [0.2, 0.25) is 0 Å². The fourth-order valence-corrected chi connectivity index (χ4v) is 2.39. The second kappa shape index (κ2) is 5.31. The van der Waals surface area contributed by atoms with E-state index >= 15 is 0 Å². The Morgan fingerprint density at radius 2 is 1.89 bits per heavy atom. The highest BCUT2D eigenvalue weighted by atomic mass is 79.9. The standard InChI is InChI=1S/C15H14BrFO2/c1-15(18,10-5-3-6-11(16)9-10)12-7-4-8-13(19-2)14(12)17/h3-9,18H,1-2H3. The van der Waals surface area contributed by atoms with Crippen LogP contribution in [0.5, 0.6) is 5.75 Å². The molecule has 0 bridgehead atoms. The third-order valence-corrected chi connectivity index (χ3v) is 3.59. The number of hydrogen-bond donors (Lipinski definition) is 1. The molecule has 100 valence electrons. The first-order valence-corrected chi connectivity index (χ1v) is 6.57. The van der Waals surface area contributed by atoms with Crippen LogP contribution in [0.1, 0.15) is 18.1 Å². The summed E-state index contributed by atoms with van der Waals surface area (Å²) in [4.78, 5) is 0. The van der Waals surface area contributed by atoms with Crippen molar-refractivity contribution in [2.24, 2.45) is 0 Å². The molecule has 19 heavy (non-hydrogen) atoms. The molecule has 0 aliphatic rings. The van der Waals surface area contributed by atoms with Crippen molar-refractivity contribution in [3.8, 4) is 5.75 Å². The van der Waals surface area contributed by atoms with Gasteiger partial charge in [-0.05, 0) is 30.7 Å². The van der Waals surface area contributed by atoms with Crippen LogP contribution in [0.25, 0.3) is 0 Å². The Kier molecular flexibility index (Phi) is 3.92. The molecular formula is C15H14BrFO2. The van der Waals surface area contributed by atoms with Crippen molar-refractivity contribution >= 4 is 15.9 Å². The van der Waals surface area contributed by atoms with E-state index in [1.54, 1.807) is 37.3 Å². The van der Waals surface area contributed by atoms with Crippen LogP contribution < -0.4 is 4.74 Å². The highest BCUT2D eigenvalue weighted by Gasteiger charge is 2.30. The number of benzene rings is 2. The summed E-state index contributed by atoms with van der Waals surface area (Å²) in [6.45, 7) is 1.56. The Morgan fingerprint density at radius 3 is 2.53 bits per heavy atom. The van der Waals surface area contributed by atoms with Crippen molar-refractivity contribution in [2.75, 3.05) is 7.11 Å². The molecule has 0 amide bonds. The first-order chi connectivity index (χ1) is 8.96. The first-order valence-electron chi connectivity index (χ1n) is 5.78. The van der Waals surface area contributed by atoms with E-state index < -0.39 is 11.4 Å². The molecule has 0 heterocycles. The van der Waals surface area contributed by atoms with Gasteiger partial charge in [0.15, 0.2) is 11.6 Å². The smallest absolute Gasteiger partial charge is 0.171 e. The highest BCUT2D eigenvalue weighted by molar-refractivity contribution is 9.10. The summed E-state index contributed by atoms with van der Waals surface area (Å²) >= 11 is 3.34. The van der Waals surface area contributed by atoms with Crippen molar-refractivity contribution in [1.82, 2.24) is 0 Å². The van der Waals surface area contributed by atoms with Gasteiger partial charge < -0.3 is 9.84 Å². The SMILES string of the molecule is COc1cccc(C(C)(O)c2cccc(Br)c2)c1F. The third kappa shape index (κ3) is 2.65. The Labute approximate surface area is 120 Å². The molecule has 2 nitrogen and oxygen atoms in total. The Balaban J connectivity index is 2.56. The molecule has 1 N–H and O–H groups in total. The van der Waals surface area contributed by atoms with Gasteiger partial charge in [0.1, 0.15) is 5.60 Å². The molecule has 0 aromatic heterocycles. The van der Waals surface area contributed by atoms with Gasteiger partial charge in [0.05, 0.1) is 7.11 Å².